The van der Waals surface area contributed by atoms with Gasteiger partial charge in [0.1, 0.15) is 6.17 Å². The molecule has 3 aromatic rings. The monoisotopic (exact) mass is 438 g/mol. The van der Waals surface area contributed by atoms with Crippen molar-refractivity contribution in [2.75, 3.05) is 25.0 Å². The first-order valence-corrected chi connectivity index (χ1v) is 10.4. The molecule has 1 amide bonds. The van der Waals surface area contributed by atoms with E-state index in [1.54, 1.807) is 30.3 Å². The first-order chi connectivity index (χ1) is 13.7. The third-order valence-corrected chi connectivity index (χ3v) is 6.93. The number of alkyl halides is 1. The van der Waals surface area contributed by atoms with Crippen LogP contribution in [-0.4, -0.2) is 50.2 Å². The number of rotatable bonds is 4. The van der Waals surface area contributed by atoms with Gasteiger partial charge in [0.05, 0.1) is 9.92 Å². The van der Waals surface area contributed by atoms with Crippen LogP contribution >= 0.6 is 11.6 Å². The van der Waals surface area contributed by atoms with Crippen LogP contribution in [0.1, 0.15) is 0 Å². The minimum Gasteiger partial charge on any atom is -0.465 e. The zero-order valence-corrected chi connectivity index (χ0v) is 16.7. The van der Waals surface area contributed by atoms with Crippen LogP contribution in [0.25, 0.3) is 22.1 Å². The van der Waals surface area contributed by atoms with Crippen molar-refractivity contribution in [3.05, 3.63) is 47.5 Å². The van der Waals surface area contributed by atoms with Gasteiger partial charge in [0, 0.05) is 31.6 Å². The zero-order chi connectivity index (χ0) is 20.9. The molecular formula is C19H16ClFN2O5S. The van der Waals surface area contributed by atoms with E-state index in [-0.39, 0.29) is 23.9 Å². The van der Waals surface area contributed by atoms with Gasteiger partial charge in [-0.2, -0.15) is 4.31 Å². The summed E-state index contributed by atoms with van der Waals surface area (Å²) in [5, 5.41) is 10.0. The quantitative estimate of drug-likeness (QED) is 0.658. The Bertz CT molecular complexity index is 1200. The van der Waals surface area contributed by atoms with Crippen LogP contribution in [0.5, 0.6) is 0 Å². The van der Waals surface area contributed by atoms with Crippen LogP contribution in [0.15, 0.2) is 51.8 Å². The number of furan rings is 1. The summed E-state index contributed by atoms with van der Waals surface area (Å²) in [6.45, 7) is -0.242. The summed E-state index contributed by atoms with van der Waals surface area (Å²) in [5.41, 5.74) is 1.79. The maximum atomic E-state index is 13.0. The van der Waals surface area contributed by atoms with Gasteiger partial charge in [-0.15, -0.1) is 0 Å². The number of fused-ring (bicyclic) bond motifs is 1. The second-order valence-electron chi connectivity index (χ2n) is 6.75. The lowest BCUT2D eigenvalue weighted by Gasteiger charge is -2.33. The molecule has 29 heavy (non-hydrogen) atoms. The van der Waals surface area contributed by atoms with E-state index in [0.717, 1.165) is 9.21 Å². The summed E-state index contributed by atoms with van der Waals surface area (Å²) < 4.78 is 44.5. The van der Waals surface area contributed by atoms with Gasteiger partial charge >= 0.3 is 6.09 Å². The summed E-state index contributed by atoms with van der Waals surface area (Å²) >= 11 is 6.30. The van der Waals surface area contributed by atoms with E-state index in [1.807, 2.05) is 0 Å². The molecule has 0 aliphatic carbocycles. The average Bonchev–Trinajstić information content (AvgIpc) is 3.09. The first-order valence-electron chi connectivity index (χ1n) is 8.61. The Labute approximate surface area is 170 Å². The molecule has 10 heteroatoms. The lowest BCUT2D eigenvalue weighted by Crippen LogP contribution is -2.51. The average molecular weight is 439 g/mol. The van der Waals surface area contributed by atoms with Gasteiger partial charge in [0.15, 0.2) is 5.58 Å². The number of sulfonamides is 1. The summed E-state index contributed by atoms with van der Waals surface area (Å²) in [4.78, 5) is 12.1. The van der Waals surface area contributed by atoms with E-state index >= 15 is 0 Å². The third-order valence-electron chi connectivity index (χ3n) is 4.80. The highest BCUT2D eigenvalue weighted by molar-refractivity contribution is 7.89. The normalized spacial score (nSPS) is 15.4. The van der Waals surface area contributed by atoms with Gasteiger partial charge in [0.2, 0.25) is 15.9 Å². The van der Waals surface area contributed by atoms with E-state index in [4.69, 9.17) is 21.1 Å². The highest BCUT2D eigenvalue weighted by Gasteiger charge is 2.36. The number of anilines is 1. The molecule has 2 aromatic carbocycles. The second kappa shape index (κ2) is 7.01. The fourth-order valence-corrected chi connectivity index (χ4v) is 4.84. The van der Waals surface area contributed by atoms with Crippen LogP contribution < -0.4 is 4.90 Å². The molecule has 0 spiro atoms. The van der Waals surface area contributed by atoms with E-state index in [9.17, 15) is 17.6 Å². The Morgan fingerprint density at radius 3 is 2.45 bits per heavy atom. The van der Waals surface area contributed by atoms with E-state index in [0.29, 0.717) is 27.1 Å². The topological polar surface area (TPSA) is 91.1 Å². The number of amides is 1. The van der Waals surface area contributed by atoms with Crippen molar-refractivity contribution >= 4 is 44.6 Å². The van der Waals surface area contributed by atoms with Crippen LogP contribution in [0.4, 0.5) is 15.1 Å². The molecule has 0 bridgehead atoms. The Morgan fingerprint density at radius 1 is 1.21 bits per heavy atom. The van der Waals surface area contributed by atoms with Crippen LogP contribution in [0.3, 0.4) is 0 Å². The molecule has 152 valence electrons. The summed E-state index contributed by atoms with van der Waals surface area (Å²) in [6.07, 6.45) is -2.28. The number of hydrogen-bond acceptors (Lipinski definition) is 4. The summed E-state index contributed by atoms with van der Waals surface area (Å²) in [5.74, 6) is 0.133. The van der Waals surface area contributed by atoms with Gasteiger partial charge in [-0.1, -0.05) is 23.7 Å². The van der Waals surface area contributed by atoms with Gasteiger partial charge in [-0.05, 0) is 35.4 Å². The Hall–Kier alpha value is -2.62. The molecule has 1 aliphatic rings. The molecule has 0 radical (unpaired) electrons. The largest absolute Gasteiger partial charge is 0.465 e. The molecule has 1 N–H and O–H groups in total. The van der Waals surface area contributed by atoms with Crippen molar-refractivity contribution in [3.63, 3.8) is 0 Å². The lowest BCUT2D eigenvalue weighted by molar-refractivity contribution is 0.141. The lowest BCUT2D eigenvalue weighted by atomic mass is 10.0. The van der Waals surface area contributed by atoms with Gasteiger partial charge in [0.25, 0.3) is 0 Å². The predicted molar refractivity (Wildman–Crippen MR) is 107 cm³/mol. The van der Waals surface area contributed by atoms with Crippen molar-refractivity contribution < 1.29 is 27.1 Å². The number of nitrogens with zero attached hydrogens (tertiary/aromatic N) is 2. The second-order valence-corrected chi connectivity index (χ2v) is 9.09. The maximum Gasteiger partial charge on any atom is 0.413 e. The van der Waals surface area contributed by atoms with Crippen molar-refractivity contribution in [3.8, 4) is 11.1 Å². The molecule has 2 heterocycles. The van der Waals surface area contributed by atoms with Crippen molar-refractivity contribution in [1.82, 2.24) is 4.31 Å². The van der Waals surface area contributed by atoms with Crippen LogP contribution in [-0.2, 0) is 10.0 Å². The Morgan fingerprint density at radius 2 is 1.86 bits per heavy atom. The molecule has 1 aromatic heterocycles. The van der Waals surface area contributed by atoms with E-state index in [2.05, 4.69) is 0 Å². The number of benzene rings is 2. The molecule has 0 unspecified atom stereocenters. The van der Waals surface area contributed by atoms with Crippen molar-refractivity contribution in [1.29, 1.82) is 0 Å². The van der Waals surface area contributed by atoms with E-state index < -0.39 is 22.3 Å². The number of halogens is 2. The SMILES string of the molecule is CN(C(=O)O)c1cc2cc(-c3ccc(S(=O)(=O)N4CC(F)C4)cc3)cc(Cl)c2o1. The highest BCUT2D eigenvalue weighted by Crippen LogP contribution is 2.36. The van der Waals surface area contributed by atoms with Gasteiger partial charge < -0.3 is 9.52 Å². The third kappa shape index (κ3) is 3.45. The summed E-state index contributed by atoms with van der Waals surface area (Å²) in [6, 6.07) is 11.2. The first kappa shape index (κ1) is 19.7. The molecular weight excluding hydrogens is 423 g/mol. The van der Waals surface area contributed by atoms with Crippen LogP contribution in [0, 0.1) is 0 Å². The van der Waals surface area contributed by atoms with Crippen molar-refractivity contribution in [2.24, 2.45) is 0 Å². The number of carbonyl (C=O) groups is 1. The number of hydrogen-bond donors (Lipinski definition) is 1. The smallest absolute Gasteiger partial charge is 0.413 e. The maximum absolute atomic E-state index is 13.0. The molecule has 0 saturated carbocycles. The highest BCUT2D eigenvalue weighted by atomic mass is 35.5. The Balaban J connectivity index is 1.67. The molecule has 1 aliphatic heterocycles. The van der Waals surface area contributed by atoms with E-state index in [1.165, 1.54) is 19.2 Å². The zero-order valence-electron chi connectivity index (χ0n) is 15.2. The summed E-state index contributed by atoms with van der Waals surface area (Å²) in [7, 11) is -2.34. The molecule has 7 nitrogen and oxygen atoms in total. The minimum absolute atomic E-state index is 0.0917. The van der Waals surface area contributed by atoms with Gasteiger partial charge in [-0.3, -0.25) is 4.90 Å². The van der Waals surface area contributed by atoms with Crippen LogP contribution in [0.2, 0.25) is 5.02 Å². The molecule has 0 atom stereocenters. The molecule has 1 saturated heterocycles. The fraction of sp³-hybridized carbons (Fsp3) is 0.211. The molecule has 1 fully saturated rings. The predicted octanol–water partition coefficient (Wildman–Crippen LogP) is 4.21. The molecule has 4 rings (SSSR count). The Kier molecular flexibility index (Phi) is 4.76. The van der Waals surface area contributed by atoms with Gasteiger partial charge in [-0.25, -0.2) is 17.6 Å². The van der Waals surface area contributed by atoms with Crippen molar-refractivity contribution in [2.45, 2.75) is 11.1 Å². The fourth-order valence-electron chi connectivity index (χ4n) is 3.08. The minimum atomic E-state index is -3.70. The number of carboxylic acid groups (broad SMARTS) is 1. The standard InChI is InChI=1S/C19H16ClFN2O5S/c1-22(19(24)25)17-8-13-6-12(7-16(20)18(13)28-17)11-2-4-15(5-3-11)29(26,27)23-9-14(21)10-23/h2-8,14H,9-10H2,1H3,(H,24,25).